The fourth-order valence-corrected chi connectivity index (χ4v) is 1.99. The van der Waals surface area contributed by atoms with Gasteiger partial charge >= 0.3 is 0 Å². The van der Waals surface area contributed by atoms with Crippen LogP contribution in [0.15, 0.2) is 41.5 Å². The van der Waals surface area contributed by atoms with E-state index in [-0.39, 0.29) is 11.0 Å². The molecule has 0 aliphatic heterocycles. The van der Waals surface area contributed by atoms with Gasteiger partial charge in [0.05, 0.1) is 0 Å². The van der Waals surface area contributed by atoms with Crippen LogP contribution in [-0.4, -0.2) is 20.9 Å². The molecule has 0 aliphatic rings. The lowest BCUT2D eigenvalue weighted by Gasteiger charge is -2.03. The summed E-state index contributed by atoms with van der Waals surface area (Å²) in [5.74, 6) is -0.175. The lowest BCUT2D eigenvalue weighted by atomic mass is 10.1. The molecule has 6 nitrogen and oxygen atoms in total. The number of nitrogens with zero attached hydrogens (tertiary/aromatic N) is 1. The third kappa shape index (κ3) is 2.07. The number of amides is 1. The maximum atomic E-state index is 12.3. The fraction of sp³-hybridized carbons (Fsp3) is 0.0714. The van der Waals surface area contributed by atoms with Crippen molar-refractivity contribution in [2.75, 3.05) is 5.32 Å². The van der Waals surface area contributed by atoms with E-state index in [2.05, 4.69) is 20.3 Å². The van der Waals surface area contributed by atoms with E-state index in [0.29, 0.717) is 16.9 Å². The van der Waals surface area contributed by atoms with Crippen molar-refractivity contribution in [3.63, 3.8) is 0 Å². The summed E-state index contributed by atoms with van der Waals surface area (Å²) < 4.78 is 0. The van der Waals surface area contributed by atoms with Crippen LogP contribution < -0.4 is 10.7 Å². The second-order valence-electron chi connectivity index (χ2n) is 4.45. The molecule has 0 aliphatic carbocycles. The molecule has 6 heteroatoms. The van der Waals surface area contributed by atoms with Crippen LogP contribution in [0.5, 0.6) is 0 Å². The lowest BCUT2D eigenvalue weighted by Crippen LogP contribution is -2.22. The predicted octanol–water partition coefficient (Wildman–Crippen LogP) is 1.81. The van der Waals surface area contributed by atoms with E-state index in [0.717, 1.165) is 5.69 Å². The van der Waals surface area contributed by atoms with Crippen LogP contribution in [0.25, 0.3) is 10.9 Å². The van der Waals surface area contributed by atoms with Crippen molar-refractivity contribution < 1.29 is 4.79 Å². The zero-order valence-electron chi connectivity index (χ0n) is 10.7. The number of nitrogens with one attached hydrogen (secondary N) is 3. The first kappa shape index (κ1) is 12.2. The van der Waals surface area contributed by atoms with Gasteiger partial charge in [-0.15, -0.1) is 0 Å². The zero-order chi connectivity index (χ0) is 14.1. The van der Waals surface area contributed by atoms with Crippen LogP contribution in [0, 0.1) is 6.92 Å². The molecule has 0 fully saturated rings. The smallest absolute Gasteiger partial charge is 0.263 e. The predicted molar refractivity (Wildman–Crippen MR) is 75.8 cm³/mol. The van der Waals surface area contributed by atoms with Crippen LogP contribution in [0.4, 0.5) is 5.95 Å². The summed E-state index contributed by atoms with van der Waals surface area (Å²) in [5, 5.41) is 3.04. The molecule has 3 aromatic rings. The Hall–Kier alpha value is -2.89. The average Bonchev–Trinajstić information content (AvgIpc) is 2.84. The summed E-state index contributed by atoms with van der Waals surface area (Å²) in [7, 11) is 0. The number of pyridine rings is 1. The van der Waals surface area contributed by atoms with Crippen molar-refractivity contribution in [1.29, 1.82) is 0 Å². The van der Waals surface area contributed by atoms with E-state index < -0.39 is 5.91 Å². The first-order chi connectivity index (χ1) is 9.65. The molecular weight excluding hydrogens is 256 g/mol. The Morgan fingerprint density at radius 1 is 1.30 bits per heavy atom. The number of benzene rings is 1. The molecule has 0 bridgehead atoms. The van der Waals surface area contributed by atoms with Crippen molar-refractivity contribution in [3.05, 3.63) is 58.1 Å². The highest BCUT2D eigenvalue weighted by atomic mass is 16.2. The van der Waals surface area contributed by atoms with Crippen molar-refractivity contribution in [2.45, 2.75) is 6.92 Å². The summed E-state index contributed by atoms with van der Waals surface area (Å²) in [6.07, 6.45) is 3.01. The standard InChI is InChI=1S/C14H12N4O2/c1-8-6-16-14(17-8)18-13(20)10-7-15-11-5-3-2-4-9(11)12(10)19/h2-7H,1H3,(H,15,19)(H2,16,17,18,20). The first-order valence-electron chi connectivity index (χ1n) is 6.08. The van der Waals surface area contributed by atoms with Crippen LogP contribution in [-0.2, 0) is 0 Å². The first-order valence-corrected chi connectivity index (χ1v) is 6.08. The van der Waals surface area contributed by atoms with Crippen LogP contribution in [0.2, 0.25) is 0 Å². The van der Waals surface area contributed by atoms with Gasteiger partial charge < -0.3 is 9.97 Å². The van der Waals surface area contributed by atoms with E-state index >= 15 is 0 Å². The quantitative estimate of drug-likeness (QED) is 0.662. The molecular formula is C14H12N4O2. The lowest BCUT2D eigenvalue weighted by molar-refractivity contribution is 0.102. The third-order valence-corrected chi connectivity index (χ3v) is 2.97. The largest absolute Gasteiger partial charge is 0.360 e. The van der Waals surface area contributed by atoms with Gasteiger partial charge in [0, 0.05) is 29.0 Å². The highest BCUT2D eigenvalue weighted by molar-refractivity contribution is 6.04. The minimum absolute atomic E-state index is 0.0535. The molecule has 0 atom stereocenters. The van der Waals surface area contributed by atoms with E-state index in [1.54, 1.807) is 24.4 Å². The molecule has 0 spiro atoms. The Morgan fingerprint density at radius 3 is 2.85 bits per heavy atom. The number of aryl methyl sites for hydroxylation is 1. The van der Waals surface area contributed by atoms with Crippen molar-refractivity contribution in [3.8, 4) is 0 Å². The minimum atomic E-state index is -0.494. The number of aromatic amines is 2. The second kappa shape index (κ2) is 4.65. The number of fused-ring (bicyclic) bond motifs is 1. The van der Waals surface area contributed by atoms with Gasteiger partial charge in [-0.25, -0.2) is 4.98 Å². The van der Waals surface area contributed by atoms with Gasteiger partial charge in [0.1, 0.15) is 5.56 Å². The molecule has 3 rings (SSSR count). The van der Waals surface area contributed by atoms with Crippen LogP contribution in [0.1, 0.15) is 16.1 Å². The summed E-state index contributed by atoms with van der Waals surface area (Å²) in [5.41, 5.74) is 1.27. The number of para-hydroxylation sites is 1. The average molecular weight is 268 g/mol. The molecule has 1 aromatic carbocycles. The molecule has 0 unspecified atom stereocenters. The molecule has 1 amide bonds. The molecule has 0 saturated carbocycles. The minimum Gasteiger partial charge on any atom is -0.360 e. The summed E-state index contributed by atoms with van der Waals surface area (Å²) in [4.78, 5) is 34.1. The zero-order valence-corrected chi connectivity index (χ0v) is 10.7. The van der Waals surface area contributed by atoms with Gasteiger partial charge in [0.25, 0.3) is 5.91 Å². The molecule has 20 heavy (non-hydrogen) atoms. The van der Waals surface area contributed by atoms with Gasteiger partial charge in [-0.2, -0.15) is 0 Å². The van der Waals surface area contributed by atoms with Crippen molar-refractivity contribution >= 4 is 22.8 Å². The molecule has 2 aromatic heterocycles. The van der Waals surface area contributed by atoms with E-state index in [9.17, 15) is 9.59 Å². The SMILES string of the molecule is Cc1cnc(NC(=O)c2c[nH]c3ccccc3c2=O)[nH]1. The number of imidazole rings is 1. The highest BCUT2D eigenvalue weighted by Crippen LogP contribution is 2.08. The normalized spacial score (nSPS) is 10.7. The fourth-order valence-electron chi connectivity index (χ4n) is 1.99. The van der Waals surface area contributed by atoms with Crippen LogP contribution >= 0.6 is 0 Å². The number of aromatic nitrogens is 3. The van der Waals surface area contributed by atoms with E-state index in [4.69, 9.17) is 0 Å². The van der Waals surface area contributed by atoms with E-state index in [1.807, 2.05) is 13.0 Å². The summed E-state index contributed by atoms with van der Waals surface area (Å²) >= 11 is 0. The molecule has 2 heterocycles. The monoisotopic (exact) mass is 268 g/mol. The number of carbonyl (C=O) groups is 1. The molecule has 0 saturated heterocycles. The maximum absolute atomic E-state index is 12.3. The van der Waals surface area contributed by atoms with Gasteiger partial charge in [0.2, 0.25) is 11.4 Å². The number of rotatable bonds is 2. The second-order valence-corrected chi connectivity index (χ2v) is 4.45. The molecule has 0 radical (unpaired) electrons. The Morgan fingerprint density at radius 2 is 2.10 bits per heavy atom. The van der Waals surface area contributed by atoms with Crippen LogP contribution in [0.3, 0.4) is 0 Å². The van der Waals surface area contributed by atoms with Gasteiger partial charge in [-0.05, 0) is 19.1 Å². The number of hydrogen-bond donors (Lipinski definition) is 3. The van der Waals surface area contributed by atoms with Crippen molar-refractivity contribution in [2.24, 2.45) is 0 Å². The Bertz CT molecular complexity index is 848. The maximum Gasteiger partial charge on any atom is 0.263 e. The molecule has 3 N–H and O–H groups in total. The number of H-pyrrole nitrogens is 2. The Labute approximate surface area is 113 Å². The summed E-state index contributed by atoms with van der Waals surface area (Å²) in [6.45, 7) is 1.82. The topological polar surface area (TPSA) is 90.6 Å². The highest BCUT2D eigenvalue weighted by Gasteiger charge is 2.13. The van der Waals surface area contributed by atoms with Gasteiger partial charge in [-0.1, -0.05) is 12.1 Å². The summed E-state index contributed by atoms with van der Waals surface area (Å²) in [6, 6.07) is 7.05. The Kier molecular flexibility index (Phi) is 2.83. The Balaban J connectivity index is 1.99. The third-order valence-electron chi connectivity index (χ3n) is 2.97. The van der Waals surface area contributed by atoms with Crippen molar-refractivity contribution in [1.82, 2.24) is 15.0 Å². The van der Waals surface area contributed by atoms with Gasteiger partial charge in [0.15, 0.2) is 0 Å². The van der Waals surface area contributed by atoms with Gasteiger partial charge in [-0.3, -0.25) is 14.9 Å². The molecule has 100 valence electrons. The number of anilines is 1. The number of hydrogen-bond acceptors (Lipinski definition) is 3. The van der Waals surface area contributed by atoms with E-state index in [1.165, 1.54) is 6.20 Å². The number of carbonyl (C=O) groups excluding carboxylic acids is 1.